The molecule has 0 saturated heterocycles. The number of benzene rings is 1. The van der Waals surface area contributed by atoms with Gasteiger partial charge in [0.15, 0.2) is 0 Å². The molecule has 2 heteroatoms. The van der Waals surface area contributed by atoms with Crippen LogP contribution in [0.5, 0.6) is 5.75 Å². The molecule has 0 spiro atoms. The molecule has 2 rings (SSSR count). The van der Waals surface area contributed by atoms with Crippen LogP contribution in [-0.2, 0) is 12.8 Å². The van der Waals surface area contributed by atoms with Gasteiger partial charge in [0.2, 0.25) is 0 Å². The van der Waals surface area contributed by atoms with E-state index in [2.05, 4.69) is 36.2 Å². The third-order valence-corrected chi connectivity index (χ3v) is 2.77. The van der Waals surface area contributed by atoms with E-state index in [1.807, 2.05) is 24.4 Å². The average Bonchev–Trinajstić information content (AvgIpc) is 2.44. The highest BCUT2D eigenvalue weighted by atomic mass is 16.5. The Morgan fingerprint density at radius 2 is 2.00 bits per heavy atom. The third-order valence-electron chi connectivity index (χ3n) is 2.77. The van der Waals surface area contributed by atoms with Crippen LogP contribution in [0.15, 0.2) is 48.7 Å². The number of aryl methyl sites for hydroxylation is 2. The molecule has 1 heterocycles. The Hall–Kier alpha value is -1.83. The molecule has 0 aliphatic heterocycles. The standard InChI is InChI=1S/C16H19NO/c1-2-12-18-16-8-5-6-14(13-16)9-10-15-7-3-4-11-17-15/h3-8,11,13H,2,9-10,12H2,1H3. The van der Waals surface area contributed by atoms with Crippen molar-refractivity contribution < 1.29 is 4.74 Å². The molecule has 18 heavy (non-hydrogen) atoms. The largest absolute Gasteiger partial charge is 0.494 e. The summed E-state index contributed by atoms with van der Waals surface area (Å²) >= 11 is 0. The van der Waals surface area contributed by atoms with Crippen molar-refractivity contribution in [2.45, 2.75) is 26.2 Å². The van der Waals surface area contributed by atoms with Crippen LogP contribution in [0, 0.1) is 0 Å². The number of pyridine rings is 1. The van der Waals surface area contributed by atoms with Crippen molar-refractivity contribution in [1.82, 2.24) is 4.98 Å². The average molecular weight is 241 g/mol. The van der Waals surface area contributed by atoms with Gasteiger partial charge in [-0.1, -0.05) is 25.1 Å². The molecule has 0 aliphatic carbocycles. The minimum Gasteiger partial charge on any atom is -0.494 e. The second-order valence-corrected chi connectivity index (χ2v) is 4.32. The SMILES string of the molecule is CCCOc1cccc(CCc2ccccn2)c1. The fourth-order valence-corrected chi connectivity index (χ4v) is 1.83. The molecule has 0 N–H and O–H groups in total. The first-order chi connectivity index (χ1) is 8.88. The first-order valence-corrected chi connectivity index (χ1v) is 6.50. The van der Waals surface area contributed by atoms with Gasteiger partial charge in [-0.05, 0) is 49.1 Å². The lowest BCUT2D eigenvalue weighted by atomic mass is 10.1. The second kappa shape index (κ2) is 6.80. The van der Waals surface area contributed by atoms with Crippen LogP contribution in [-0.4, -0.2) is 11.6 Å². The van der Waals surface area contributed by atoms with Gasteiger partial charge in [0, 0.05) is 11.9 Å². The van der Waals surface area contributed by atoms with Gasteiger partial charge in [-0.15, -0.1) is 0 Å². The molecule has 0 unspecified atom stereocenters. The lowest BCUT2D eigenvalue weighted by Gasteiger charge is -2.07. The van der Waals surface area contributed by atoms with E-state index < -0.39 is 0 Å². The summed E-state index contributed by atoms with van der Waals surface area (Å²) in [5.41, 5.74) is 2.44. The van der Waals surface area contributed by atoms with Gasteiger partial charge in [-0.3, -0.25) is 4.98 Å². The number of nitrogens with zero attached hydrogens (tertiary/aromatic N) is 1. The molecule has 0 saturated carbocycles. The summed E-state index contributed by atoms with van der Waals surface area (Å²) in [6.07, 6.45) is 4.85. The number of rotatable bonds is 6. The Labute approximate surface area is 109 Å². The maximum absolute atomic E-state index is 5.63. The van der Waals surface area contributed by atoms with Crippen LogP contribution in [0.2, 0.25) is 0 Å². The van der Waals surface area contributed by atoms with Crippen LogP contribution in [0.3, 0.4) is 0 Å². The highest BCUT2D eigenvalue weighted by molar-refractivity contribution is 5.29. The van der Waals surface area contributed by atoms with E-state index in [9.17, 15) is 0 Å². The van der Waals surface area contributed by atoms with Crippen molar-refractivity contribution in [2.24, 2.45) is 0 Å². The molecular weight excluding hydrogens is 222 g/mol. The minimum absolute atomic E-state index is 0.781. The molecule has 94 valence electrons. The Bertz CT molecular complexity index is 468. The van der Waals surface area contributed by atoms with E-state index in [-0.39, 0.29) is 0 Å². The van der Waals surface area contributed by atoms with Gasteiger partial charge in [0.1, 0.15) is 5.75 Å². The van der Waals surface area contributed by atoms with Gasteiger partial charge in [-0.25, -0.2) is 0 Å². The van der Waals surface area contributed by atoms with Crippen LogP contribution < -0.4 is 4.74 Å². The van der Waals surface area contributed by atoms with E-state index >= 15 is 0 Å². The quantitative estimate of drug-likeness (QED) is 0.770. The molecule has 0 fully saturated rings. The normalized spacial score (nSPS) is 10.3. The molecule has 2 nitrogen and oxygen atoms in total. The number of aromatic nitrogens is 1. The van der Waals surface area contributed by atoms with E-state index in [0.29, 0.717) is 0 Å². The zero-order valence-electron chi connectivity index (χ0n) is 10.8. The second-order valence-electron chi connectivity index (χ2n) is 4.32. The van der Waals surface area contributed by atoms with Crippen LogP contribution >= 0.6 is 0 Å². The summed E-state index contributed by atoms with van der Waals surface area (Å²) in [5, 5.41) is 0. The van der Waals surface area contributed by atoms with E-state index in [1.165, 1.54) is 5.56 Å². The highest BCUT2D eigenvalue weighted by Crippen LogP contribution is 2.15. The van der Waals surface area contributed by atoms with Crippen LogP contribution in [0.4, 0.5) is 0 Å². The maximum Gasteiger partial charge on any atom is 0.119 e. The highest BCUT2D eigenvalue weighted by Gasteiger charge is 1.99. The summed E-state index contributed by atoms with van der Waals surface area (Å²) in [5.74, 6) is 0.968. The van der Waals surface area contributed by atoms with E-state index in [0.717, 1.165) is 37.3 Å². The fourth-order valence-electron chi connectivity index (χ4n) is 1.83. The number of hydrogen-bond acceptors (Lipinski definition) is 2. The molecule has 0 atom stereocenters. The van der Waals surface area contributed by atoms with Crippen molar-refractivity contribution in [1.29, 1.82) is 0 Å². The van der Waals surface area contributed by atoms with Gasteiger partial charge < -0.3 is 4.74 Å². The fraction of sp³-hybridized carbons (Fsp3) is 0.312. The predicted octanol–water partition coefficient (Wildman–Crippen LogP) is 3.66. The Balaban J connectivity index is 1.93. The Morgan fingerprint density at radius 3 is 2.78 bits per heavy atom. The summed E-state index contributed by atoms with van der Waals surface area (Å²) in [6.45, 7) is 2.90. The molecule has 0 aliphatic rings. The molecular formula is C16H19NO. The van der Waals surface area contributed by atoms with Gasteiger partial charge >= 0.3 is 0 Å². The molecule has 2 aromatic rings. The van der Waals surface area contributed by atoms with Crippen LogP contribution in [0.25, 0.3) is 0 Å². The topological polar surface area (TPSA) is 22.1 Å². The molecule has 1 aromatic carbocycles. The number of hydrogen-bond donors (Lipinski definition) is 0. The van der Waals surface area contributed by atoms with Gasteiger partial charge in [0.25, 0.3) is 0 Å². The molecule has 0 bridgehead atoms. The summed E-state index contributed by atoms with van der Waals surface area (Å²) in [6, 6.07) is 14.4. The summed E-state index contributed by atoms with van der Waals surface area (Å²) in [4.78, 5) is 4.33. The molecule has 0 radical (unpaired) electrons. The van der Waals surface area contributed by atoms with Gasteiger partial charge in [-0.2, -0.15) is 0 Å². The van der Waals surface area contributed by atoms with Crippen molar-refractivity contribution >= 4 is 0 Å². The maximum atomic E-state index is 5.63. The minimum atomic E-state index is 0.781. The lowest BCUT2D eigenvalue weighted by Crippen LogP contribution is -1.97. The van der Waals surface area contributed by atoms with E-state index in [4.69, 9.17) is 4.74 Å². The van der Waals surface area contributed by atoms with E-state index in [1.54, 1.807) is 0 Å². The zero-order valence-corrected chi connectivity index (χ0v) is 10.8. The molecule has 0 amide bonds. The van der Waals surface area contributed by atoms with Crippen molar-refractivity contribution in [2.75, 3.05) is 6.61 Å². The van der Waals surface area contributed by atoms with Crippen LogP contribution in [0.1, 0.15) is 24.6 Å². The Kier molecular flexibility index (Phi) is 4.77. The first kappa shape index (κ1) is 12.6. The van der Waals surface area contributed by atoms with Crippen molar-refractivity contribution in [3.63, 3.8) is 0 Å². The van der Waals surface area contributed by atoms with Gasteiger partial charge in [0.05, 0.1) is 6.61 Å². The molecule has 1 aromatic heterocycles. The van der Waals surface area contributed by atoms with Crippen molar-refractivity contribution in [3.8, 4) is 5.75 Å². The summed E-state index contributed by atoms with van der Waals surface area (Å²) in [7, 11) is 0. The monoisotopic (exact) mass is 241 g/mol. The predicted molar refractivity (Wildman–Crippen MR) is 73.9 cm³/mol. The zero-order chi connectivity index (χ0) is 12.6. The smallest absolute Gasteiger partial charge is 0.119 e. The third kappa shape index (κ3) is 3.88. The Morgan fingerprint density at radius 1 is 1.06 bits per heavy atom. The van der Waals surface area contributed by atoms with Crippen molar-refractivity contribution in [3.05, 3.63) is 59.9 Å². The first-order valence-electron chi connectivity index (χ1n) is 6.50. The lowest BCUT2D eigenvalue weighted by molar-refractivity contribution is 0.317. The summed E-state index contributed by atoms with van der Waals surface area (Å²) < 4.78 is 5.63. The number of ether oxygens (including phenoxy) is 1.